The van der Waals surface area contributed by atoms with Crippen LogP contribution < -0.4 is 4.74 Å². The Balaban J connectivity index is 1.29. The molecule has 0 spiro atoms. The number of benzene rings is 1. The zero-order valence-corrected chi connectivity index (χ0v) is 20.0. The van der Waals surface area contributed by atoms with Crippen molar-refractivity contribution in [2.24, 2.45) is 23.7 Å². The van der Waals surface area contributed by atoms with E-state index < -0.39 is 6.36 Å². The molecule has 0 bridgehead atoms. The van der Waals surface area contributed by atoms with Crippen molar-refractivity contribution in [2.75, 3.05) is 0 Å². The van der Waals surface area contributed by atoms with Crippen LogP contribution in [0.3, 0.4) is 0 Å². The second-order valence-electron chi connectivity index (χ2n) is 10.5. The molecule has 2 aliphatic carbocycles. The zero-order chi connectivity index (χ0) is 22.8. The van der Waals surface area contributed by atoms with Crippen LogP contribution in [0.15, 0.2) is 24.3 Å². The summed E-state index contributed by atoms with van der Waals surface area (Å²) >= 11 is 0. The van der Waals surface area contributed by atoms with Gasteiger partial charge in [0.15, 0.2) is 0 Å². The maximum absolute atomic E-state index is 12.3. The topological polar surface area (TPSA) is 9.23 Å². The van der Waals surface area contributed by atoms with Crippen molar-refractivity contribution >= 4 is 0 Å². The quantitative estimate of drug-likeness (QED) is 0.304. The second kappa shape index (κ2) is 12.9. The van der Waals surface area contributed by atoms with Crippen LogP contribution in [0, 0.1) is 23.7 Å². The molecule has 0 aromatic heterocycles. The lowest BCUT2D eigenvalue weighted by molar-refractivity contribution is -0.274. The molecule has 1 aromatic carbocycles. The van der Waals surface area contributed by atoms with E-state index in [1.54, 1.807) is 12.1 Å². The summed E-state index contributed by atoms with van der Waals surface area (Å²) in [6, 6.07) is 6.41. The predicted octanol–water partition coefficient (Wildman–Crippen LogP) is 9.49. The first-order valence-electron chi connectivity index (χ1n) is 13.3. The third-order valence-electron chi connectivity index (χ3n) is 8.16. The molecule has 0 aliphatic heterocycles. The Kier molecular flexibility index (Phi) is 10.2. The standard InChI is InChI=1S/C28H43F3O/c1-2-3-4-5-6-7-22-10-16-25(17-11-22)26-18-12-23(13-19-26)8-9-24-14-20-27(21-15-24)32-28(29,30)31/h14-15,20-23,25-26H,2-13,16-19H2,1H3/t22-,23?,25-,26?. The Hall–Kier alpha value is -1.19. The van der Waals surface area contributed by atoms with Crippen molar-refractivity contribution in [3.63, 3.8) is 0 Å². The monoisotopic (exact) mass is 452 g/mol. The van der Waals surface area contributed by atoms with E-state index in [4.69, 9.17) is 0 Å². The van der Waals surface area contributed by atoms with E-state index >= 15 is 0 Å². The fourth-order valence-corrected chi connectivity index (χ4v) is 6.16. The first-order valence-corrected chi connectivity index (χ1v) is 13.3. The molecule has 4 heteroatoms. The molecule has 0 amide bonds. The molecule has 2 fully saturated rings. The van der Waals surface area contributed by atoms with E-state index in [9.17, 15) is 13.2 Å². The van der Waals surface area contributed by atoms with Crippen LogP contribution in [0.2, 0.25) is 0 Å². The van der Waals surface area contributed by atoms with E-state index in [0.717, 1.165) is 42.1 Å². The van der Waals surface area contributed by atoms with Gasteiger partial charge in [0.25, 0.3) is 0 Å². The van der Waals surface area contributed by atoms with Crippen molar-refractivity contribution < 1.29 is 17.9 Å². The van der Waals surface area contributed by atoms with Gasteiger partial charge in [0.1, 0.15) is 5.75 Å². The molecular weight excluding hydrogens is 409 g/mol. The molecule has 0 saturated heterocycles. The normalized spacial score (nSPS) is 26.8. The molecule has 1 aromatic rings. The third kappa shape index (κ3) is 8.98. The Morgan fingerprint density at radius 3 is 1.78 bits per heavy atom. The van der Waals surface area contributed by atoms with Crippen molar-refractivity contribution in [1.29, 1.82) is 0 Å². The van der Waals surface area contributed by atoms with E-state index in [1.807, 2.05) is 0 Å². The van der Waals surface area contributed by atoms with Gasteiger partial charge in [-0.25, -0.2) is 0 Å². The average molecular weight is 453 g/mol. The first-order chi connectivity index (χ1) is 15.4. The number of alkyl halides is 3. The van der Waals surface area contributed by atoms with E-state index in [2.05, 4.69) is 11.7 Å². The summed E-state index contributed by atoms with van der Waals surface area (Å²) in [5, 5.41) is 0. The molecule has 0 atom stereocenters. The fraction of sp³-hybridized carbons (Fsp3) is 0.786. The van der Waals surface area contributed by atoms with Crippen LogP contribution >= 0.6 is 0 Å². The highest BCUT2D eigenvalue weighted by molar-refractivity contribution is 5.27. The van der Waals surface area contributed by atoms with Crippen LogP contribution in [0.5, 0.6) is 5.75 Å². The summed E-state index contributed by atoms with van der Waals surface area (Å²) in [5.74, 6) is 3.55. The second-order valence-corrected chi connectivity index (χ2v) is 10.5. The van der Waals surface area contributed by atoms with Crippen molar-refractivity contribution in [3.8, 4) is 5.75 Å². The molecular formula is C28H43F3O. The summed E-state index contributed by atoms with van der Waals surface area (Å²) in [4.78, 5) is 0. The average Bonchev–Trinajstić information content (AvgIpc) is 2.78. The zero-order valence-electron chi connectivity index (χ0n) is 20.0. The van der Waals surface area contributed by atoms with Gasteiger partial charge < -0.3 is 4.74 Å². The maximum atomic E-state index is 12.3. The molecule has 1 nitrogen and oxygen atoms in total. The highest BCUT2D eigenvalue weighted by Gasteiger charge is 2.32. The molecule has 182 valence electrons. The smallest absolute Gasteiger partial charge is 0.406 e. The summed E-state index contributed by atoms with van der Waals surface area (Å²) in [6.45, 7) is 2.29. The van der Waals surface area contributed by atoms with E-state index in [0.29, 0.717) is 0 Å². The number of halogens is 3. The van der Waals surface area contributed by atoms with Crippen LogP contribution in [0.25, 0.3) is 0 Å². The van der Waals surface area contributed by atoms with Gasteiger partial charge >= 0.3 is 6.36 Å². The van der Waals surface area contributed by atoms with Crippen molar-refractivity contribution in [3.05, 3.63) is 29.8 Å². The molecule has 2 saturated carbocycles. The largest absolute Gasteiger partial charge is 0.573 e. The number of ether oxygens (including phenoxy) is 1. The Morgan fingerprint density at radius 1 is 0.719 bits per heavy atom. The Labute approximate surface area is 193 Å². The first kappa shape index (κ1) is 25.4. The van der Waals surface area contributed by atoms with Gasteiger partial charge in [-0.3, -0.25) is 0 Å². The van der Waals surface area contributed by atoms with Crippen LogP contribution in [-0.4, -0.2) is 6.36 Å². The van der Waals surface area contributed by atoms with Crippen molar-refractivity contribution in [2.45, 2.75) is 116 Å². The number of rotatable bonds is 11. The molecule has 2 aliphatic rings. The number of aryl methyl sites for hydroxylation is 1. The van der Waals surface area contributed by atoms with Gasteiger partial charge in [-0.15, -0.1) is 13.2 Å². The van der Waals surface area contributed by atoms with Gasteiger partial charge in [-0.1, -0.05) is 83.3 Å². The van der Waals surface area contributed by atoms with Crippen LogP contribution in [-0.2, 0) is 6.42 Å². The summed E-state index contributed by atoms with van der Waals surface area (Å²) < 4.78 is 40.8. The lowest BCUT2D eigenvalue weighted by Crippen LogP contribution is -2.26. The SMILES string of the molecule is CCCCCCC[C@H]1CC[C@H](C2CCC(CCc3ccc(OC(F)(F)F)cc3)CC2)CC1. The Bertz CT molecular complexity index is 623. The summed E-state index contributed by atoms with van der Waals surface area (Å²) in [5.41, 5.74) is 1.11. The highest BCUT2D eigenvalue weighted by Crippen LogP contribution is 2.43. The molecule has 3 rings (SSSR count). The Morgan fingerprint density at radius 2 is 1.25 bits per heavy atom. The van der Waals surface area contributed by atoms with Gasteiger partial charge in [-0.2, -0.15) is 0 Å². The van der Waals surface area contributed by atoms with Crippen LogP contribution in [0.1, 0.15) is 109 Å². The van der Waals surface area contributed by atoms with Gasteiger partial charge in [0.2, 0.25) is 0 Å². The summed E-state index contributed by atoms with van der Waals surface area (Å²) in [7, 11) is 0. The number of unbranched alkanes of at least 4 members (excludes halogenated alkanes) is 4. The van der Waals surface area contributed by atoms with Gasteiger partial charge in [-0.05, 0) is 79.9 Å². The minimum absolute atomic E-state index is 0.132. The lowest BCUT2D eigenvalue weighted by atomic mass is 9.68. The number of hydrogen-bond acceptors (Lipinski definition) is 1. The molecule has 32 heavy (non-hydrogen) atoms. The fourth-order valence-electron chi connectivity index (χ4n) is 6.16. The van der Waals surface area contributed by atoms with E-state index in [1.165, 1.54) is 102 Å². The predicted molar refractivity (Wildman–Crippen MR) is 126 cm³/mol. The summed E-state index contributed by atoms with van der Waals surface area (Å²) in [6.07, 6.45) is 17.3. The van der Waals surface area contributed by atoms with Crippen LogP contribution in [0.4, 0.5) is 13.2 Å². The third-order valence-corrected chi connectivity index (χ3v) is 8.16. The molecule has 0 unspecified atom stereocenters. The molecule has 0 N–H and O–H groups in total. The van der Waals surface area contributed by atoms with Crippen molar-refractivity contribution in [1.82, 2.24) is 0 Å². The van der Waals surface area contributed by atoms with Gasteiger partial charge in [0, 0.05) is 0 Å². The minimum Gasteiger partial charge on any atom is -0.406 e. The molecule has 0 radical (unpaired) electrons. The molecule has 0 heterocycles. The van der Waals surface area contributed by atoms with E-state index in [-0.39, 0.29) is 5.75 Å². The maximum Gasteiger partial charge on any atom is 0.573 e. The number of hydrogen-bond donors (Lipinski definition) is 0. The minimum atomic E-state index is -4.62. The van der Waals surface area contributed by atoms with Gasteiger partial charge in [0.05, 0.1) is 0 Å². The lowest BCUT2D eigenvalue weighted by Gasteiger charge is -2.38. The highest BCUT2D eigenvalue weighted by atomic mass is 19.4.